The Balaban J connectivity index is 2.34. The van der Waals surface area contributed by atoms with Gasteiger partial charge in [0.1, 0.15) is 0 Å². The Morgan fingerprint density at radius 2 is 1.95 bits per heavy atom. The van der Waals surface area contributed by atoms with Crippen LogP contribution in [-0.4, -0.2) is 40.8 Å². The zero-order valence-electron chi connectivity index (χ0n) is 12.7. The maximum atomic E-state index is 11.5. The Labute approximate surface area is 130 Å². The molecule has 0 bridgehead atoms. The summed E-state index contributed by atoms with van der Waals surface area (Å²) < 4.78 is 28.6. The Morgan fingerprint density at radius 1 is 1.32 bits per heavy atom. The molecule has 0 heterocycles. The number of allylic oxidation sites excluding steroid dienone is 2. The maximum Gasteiger partial charge on any atom is 0.185 e. The predicted molar refractivity (Wildman–Crippen MR) is 85.6 cm³/mol. The van der Waals surface area contributed by atoms with Crippen molar-refractivity contribution < 1.29 is 17.9 Å². The lowest BCUT2D eigenvalue weighted by atomic mass is 10.1. The van der Waals surface area contributed by atoms with Gasteiger partial charge < -0.3 is 4.74 Å². The van der Waals surface area contributed by atoms with Crippen molar-refractivity contribution in [1.29, 1.82) is 0 Å². The molecule has 0 N–H and O–H groups in total. The Kier molecular flexibility index (Phi) is 5.13. The van der Waals surface area contributed by atoms with Crippen LogP contribution in [0, 0.1) is 5.92 Å². The number of nitrogens with zero attached hydrogens (tertiary/aromatic N) is 1. The molecule has 5 nitrogen and oxygen atoms in total. The van der Waals surface area contributed by atoms with Crippen LogP contribution in [0.15, 0.2) is 39.9 Å². The van der Waals surface area contributed by atoms with Crippen molar-refractivity contribution in [3.05, 3.63) is 35.6 Å². The summed E-state index contributed by atoms with van der Waals surface area (Å²) >= 11 is 0. The first-order valence-electron chi connectivity index (χ1n) is 7.00. The largest absolute Gasteiger partial charge is 0.489 e. The van der Waals surface area contributed by atoms with Crippen molar-refractivity contribution in [1.82, 2.24) is 0 Å². The van der Waals surface area contributed by atoms with E-state index in [1.807, 2.05) is 0 Å². The molecule has 0 atom stereocenters. The lowest BCUT2D eigenvalue weighted by molar-refractivity contribution is -0.107. The first-order valence-corrected chi connectivity index (χ1v) is 8.89. The molecule has 118 valence electrons. The predicted octanol–water partition coefficient (Wildman–Crippen LogP) is 2.13. The van der Waals surface area contributed by atoms with Crippen LogP contribution in [0.25, 0.3) is 5.57 Å². The molecule has 0 aliphatic heterocycles. The van der Waals surface area contributed by atoms with E-state index in [1.165, 1.54) is 12.1 Å². The smallest absolute Gasteiger partial charge is 0.185 e. The minimum Gasteiger partial charge on any atom is -0.489 e. The normalized spacial score (nSPS) is 16.5. The molecule has 1 aromatic rings. The quantitative estimate of drug-likeness (QED) is 0.334. The van der Waals surface area contributed by atoms with Crippen LogP contribution in [0.5, 0.6) is 0 Å². The van der Waals surface area contributed by atoms with Gasteiger partial charge in [0.2, 0.25) is 0 Å². The van der Waals surface area contributed by atoms with Gasteiger partial charge in [0, 0.05) is 25.1 Å². The molecule has 0 spiro atoms. The van der Waals surface area contributed by atoms with E-state index in [9.17, 15) is 13.2 Å². The number of hydrogen-bond donors (Lipinski definition) is 0. The van der Waals surface area contributed by atoms with Crippen molar-refractivity contribution in [3.63, 3.8) is 0 Å². The van der Waals surface area contributed by atoms with E-state index in [-0.39, 0.29) is 10.7 Å². The minimum atomic E-state index is -3.25. The van der Waals surface area contributed by atoms with Gasteiger partial charge in [-0.2, -0.15) is 0 Å². The molecule has 1 aromatic carbocycles. The maximum absolute atomic E-state index is 11.5. The van der Waals surface area contributed by atoms with Gasteiger partial charge in [0.05, 0.1) is 11.5 Å². The number of carbonyl (C=O) groups is 1. The molecule has 0 amide bonds. The standard InChI is InChI=1S/C16H19NO4S/c1-17-9-15(16(10-18)21-11-12-3-4-12)13-5-7-14(8-6-13)22(2,19)20/h5-10,12H,3-4,11H2,1-2H3/b16-15-,17-9?. The number of benzene rings is 1. The van der Waals surface area contributed by atoms with Gasteiger partial charge in [-0.15, -0.1) is 0 Å². The summed E-state index contributed by atoms with van der Waals surface area (Å²) in [6.45, 7) is 0.524. The van der Waals surface area contributed by atoms with Crippen molar-refractivity contribution >= 4 is 27.9 Å². The van der Waals surface area contributed by atoms with Crippen LogP contribution in [0.1, 0.15) is 18.4 Å². The van der Waals surface area contributed by atoms with Gasteiger partial charge in [-0.25, -0.2) is 8.42 Å². The van der Waals surface area contributed by atoms with Crippen LogP contribution < -0.4 is 0 Å². The van der Waals surface area contributed by atoms with Gasteiger partial charge in [0.15, 0.2) is 21.9 Å². The number of rotatable bonds is 7. The third kappa shape index (κ3) is 4.27. The lowest BCUT2D eigenvalue weighted by Crippen LogP contribution is -2.03. The van der Waals surface area contributed by atoms with Gasteiger partial charge in [-0.1, -0.05) is 12.1 Å². The number of ether oxygens (including phenoxy) is 1. The third-order valence-corrected chi connectivity index (χ3v) is 4.52. The second-order valence-corrected chi connectivity index (χ2v) is 7.35. The summed E-state index contributed by atoms with van der Waals surface area (Å²) in [5.41, 5.74) is 1.24. The number of carbonyl (C=O) groups excluding carboxylic acids is 1. The minimum absolute atomic E-state index is 0.226. The third-order valence-electron chi connectivity index (χ3n) is 3.40. The van der Waals surface area contributed by atoms with Crippen molar-refractivity contribution in [2.24, 2.45) is 10.9 Å². The highest BCUT2D eigenvalue weighted by Crippen LogP contribution is 2.30. The molecule has 6 heteroatoms. The highest BCUT2D eigenvalue weighted by Gasteiger charge is 2.23. The molecule has 1 saturated carbocycles. The van der Waals surface area contributed by atoms with E-state index in [0.717, 1.165) is 19.1 Å². The van der Waals surface area contributed by atoms with Crippen molar-refractivity contribution in [2.45, 2.75) is 17.7 Å². The molecule has 1 fully saturated rings. The highest BCUT2D eigenvalue weighted by molar-refractivity contribution is 7.90. The average molecular weight is 321 g/mol. The molecule has 1 aliphatic carbocycles. The zero-order chi connectivity index (χ0) is 16.2. The molecular weight excluding hydrogens is 302 g/mol. The zero-order valence-corrected chi connectivity index (χ0v) is 13.5. The molecule has 0 radical (unpaired) electrons. The van der Waals surface area contributed by atoms with E-state index in [4.69, 9.17) is 4.74 Å². The summed E-state index contributed by atoms with van der Waals surface area (Å²) in [5, 5.41) is 0. The number of aldehydes is 1. The van der Waals surface area contributed by atoms with E-state index in [2.05, 4.69) is 4.99 Å². The molecule has 0 aromatic heterocycles. The van der Waals surface area contributed by atoms with E-state index < -0.39 is 9.84 Å². The van der Waals surface area contributed by atoms with E-state index >= 15 is 0 Å². The van der Waals surface area contributed by atoms with Crippen molar-refractivity contribution in [2.75, 3.05) is 19.9 Å². The summed E-state index contributed by atoms with van der Waals surface area (Å²) in [5.74, 6) is 0.756. The topological polar surface area (TPSA) is 72.8 Å². The van der Waals surface area contributed by atoms with Gasteiger partial charge in [-0.05, 0) is 36.5 Å². The van der Waals surface area contributed by atoms with Crippen LogP contribution in [0.4, 0.5) is 0 Å². The van der Waals surface area contributed by atoms with Gasteiger partial charge >= 0.3 is 0 Å². The van der Waals surface area contributed by atoms with Gasteiger partial charge in [-0.3, -0.25) is 9.79 Å². The molecule has 1 aliphatic rings. The van der Waals surface area contributed by atoms with E-state index in [1.54, 1.807) is 25.4 Å². The Bertz CT molecular complexity index is 698. The fraction of sp³-hybridized carbons (Fsp3) is 0.375. The van der Waals surface area contributed by atoms with Crippen LogP contribution in [0.3, 0.4) is 0 Å². The first-order chi connectivity index (χ1) is 10.5. The summed E-state index contributed by atoms with van der Waals surface area (Å²) in [6.07, 6.45) is 5.64. The lowest BCUT2D eigenvalue weighted by Gasteiger charge is -2.10. The van der Waals surface area contributed by atoms with Gasteiger partial charge in [0.25, 0.3) is 0 Å². The molecule has 0 saturated heterocycles. The summed E-state index contributed by atoms with van der Waals surface area (Å²) in [6, 6.07) is 6.32. The number of sulfone groups is 1. The summed E-state index contributed by atoms with van der Waals surface area (Å²) in [4.78, 5) is 15.5. The van der Waals surface area contributed by atoms with E-state index in [0.29, 0.717) is 29.9 Å². The monoisotopic (exact) mass is 321 g/mol. The second kappa shape index (κ2) is 6.87. The summed E-state index contributed by atoms with van der Waals surface area (Å²) in [7, 11) is -1.64. The molecule has 2 rings (SSSR count). The fourth-order valence-electron chi connectivity index (χ4n) is 1.96. The SMILES string of the molecule is CN=C/C(=C(\C=O)OCC1CC1)c1ccc(S(C)(=O)=O)cc1. The Hall–Kier alpha value is -1.95. The van der Waals surface area contributed by atoms with Crippen LogP contribution in [0.2, 0.25) is 0 Å². The molecule has 22 heavy (non-hydrogen) atoms. The van der Waals surface area contributed by atoms with Crippen LogP contribution >= 0.6 is 0 Å². The number of hydrogen-bond acceptors (Lipinski definition) is 5. The molecular formula is C16H19NO4S. The van der Waals surface area contributed by atoms with Crippen molar-refractivity contribution in [3.8, 4) is 0 Å². The number of aliphatic imine (C=N–C) groups is 1. The highest BCUT2D eigenvalue weighted by atomic mass is 32.2. The average Bonchev–Trinajstić information content (AvgIpc) is 3.30. The first kappa shape index (κ1) is 16.4. The molecule has 0 unspecified atom stereocenters. The van der Waals surface area contributed by atoms with Crippen LogP contribution in [-0.2, 0) is 19.4 Å². The fourth-order valence-corrected chi connectivity index (χ4v) is 2.59. The Morgan fingerprint density at radius 3 is 2.41 bits per heavy atom. The second-order valence-electron chi connectivity index (χ2n) is 5.33.